The number of aromatic nitrogens is 1. The topological polar surface area (TPSA) is 157 Å². The fourth-order valence-corrected chi connectivity index (χ4v) is 4.97. The van der Waals surface area contributed by atoms with Gasteiger partial charge in [-0.1, -0.05) is 6.07 Å². The summed E-state index contributed by atoms with van der Waals surface area (Å²) in [7, 11) is 0.928. The number of sulfonamides is 1. The number of nitrogens with zero attached hydrogens (tertiary/aromatic N) is 2. The molecule has 10 nitrogen and oxygen atoms in total. The Morgan fingerprint density at radius 1 is 1.22 bits per heavy atom. The Labute approximate surface area is 187 Å². The highest BCUT2D eigenvalue weighted by Crippen LogP contribution is 2.23. The molecule has 1 atom stereocenters. The quantitative estimate of drug-likeness (QED) is 0.448. The van der Waals surface area contributed by atoms with E-state index in [9.17, 15) is 28.2 Å². The summed E-state index contributed by atoms with van der Waals surface area (Å²) in [6.07, 6.45) is 2.05. The van der Waals surface area contributed by atoms with E-state index in [-0.39, 0.29) is 5.75 Å². The molecule has 0 bridgehead atoms. The van der Waals surface area contributed by atoms with Crippen LogP contribution in [0.1, 0.15) is 30.4 Å². The van der Waals surface area contributed by atoms with E-state index in [0.717, 1.165) is 42.3 Å². The molecule has 1 aliphatic heterocycles. The Bertz CT molecular complexity index is 1030. The molecule has 178 valence electrons. The van der Waals surface area contributed by atoms with E-state index in [4.69, 9.17) is 5.11 Å². The summed E-state index contributed by atoms with van der Waals surface area (Å²) < 4.78 is 26.6. The van der Waals surface area contributed by atoms with Gasteiger partial charge in [0.05, 0.1) is 17.8 Å². The number of carboxylic acid groups (broad SMARTS) is 2. The summed E-state index contributed by atoms with van der Waals surface area (Å²) in [4.78, 5) is 24.6. The monoisotopic (exact) mass is 467 g/mol. The van der Waals surface area contributed by atoms with Crippen molar-refractivity contribution in [3.8, 4) is 0 Å². The Balaban J connectivity index is 0.000000344. The van der Waals surface area contributed by atoms with Gasteiger partial charge in [0, 0.05) is 49.1 Å². The van der Waals surface area contributed by atoms with E-state index in [1.54, 1.807) is 4.31 Å². The van der Waals surface area contributed by atoms with Crippen molar-refractivity contribution < 1.29 is 33.3 Å². The molecule has 1 aromatic heterocycles. The molecule has 32 heavy (non-hydrogen) atoms. The fourth-order valence-electron chi connectivity index (χ4n) is 3.38. The second kappa shape index (κ2) is 11.4. The van der Waals surface area contributed by atoms with Crippen molar-refractivity contribution >= 4 is 32.9 Å². The van der Waals surface area contributed by atoms with Crippen LogP contribution in [0.15, 0.2) is 24.4 Å². The zero-order valence-electron chi connectivity index (χ0n) is 18.2. The molecule has 1 aromatic carbocycles. The average Bonchev–Trinajstić information content (AvgIpc) is 3.36. The second-order valence-corrected chi connectivity index (χ2v) is 9.99. The van der Waals surface area contributed by atoms with Gasteiger partial charge in [-0.25, -0.2) is 12.7 Å². The van der Waals surface area contributed by atoms with E-state index >= 15 is 0 Å². The minimum Gasteiger partial charge on any atom is -0.550 e. The predicted molar refractivity (Wildman–Crippen MR) is 115 cm³/mol. The highest BCUT2D eigenvalue weighted by molar-refractivity contribution is 7.88. The Kier molecular flexibility index (Phi) is 9.20. The molecule has 1 fully saturated rings. The molecule has 2 heterocycles. The maximum atomic E-state index is 12.5. The normalized spacial score (nSPS) is 15.5. The van der Waals surface area contributed by atoms with Crippen LogP contribution >= 0.6 is 0 Å². The number of rotatable bonds is 9. The lowest BCUT2D eigenvalue weighted by molar-refractivity contribution is -0.323. The van der Waals surface area contributed by atoms with Crippen molar-refractivity contribution in [2.75, 3.05) is 33.7 Å². The highest BCUT2D eigenvalue weighted by atomic mass is 32.2. The smallest absolute Gasteiger partial charge is 0.218 e. The van der Waals surface area contributed by atoms with Crippen LogP contribution in [-0.4, -0.2) is 79.5 Å². The third-order valence-electron chi connectivity index (χ3n) is 5.10. The van der Waals surface area contributed by atoms with Gasteiger partial charge in [-0.3, -0.25) is 0 Å². The van der Waals surface area contributed by atoms with Crippen molar-refractivity contribution in [3.05, 3.63) is 35.5 Å². The lowest BCUT2D eigenvalue weighted by Gasteiger charge is -2.15. The number of hydrogen-bond donors (Lipinski definition) is 2. The zero-order chi connectivity index (χ0) is 23.9. The maximum Gasteiger partial charge on any atom is 0.218 e. The molecule has 0 radical (unpaired) electrons. The van der Waals surface area contributed by atoms with Crippen LogP contribution in [0.5, 0.6) is 0 Å². The molecule has 11 heteroatoms. The molecule has 0 amide bonds. The van der Waals surface area contributed by atoms with Crippen molar-refractivity contribution in [3.63, 3.8) is 0 Å². The van der Waals surface area contributed by atoms with Crippen molar-refractivity contribution in [1.29, 1.82) is 0 Å². The van der Waals surface area contributed by atoms with Crippen LogP contribution in [0.25, 0.3) is 10.9 Å². The van der Waals surface area contributed by atoms with Crippen molar-refractivity contribution in [2.24, 2.45) is 0 Å². The van der Waals surface area contributed by atoms with Gasteiger partial charge in [0.2, 0.25) is 10.0 Å². The van der Waals surface area contributed by atoms with Gasteiger partial charge in [0.15, 0.2) is 0 Å². The molecule has 0 saturated carbocycles. The minimum atomic E-state index is -3.19. The second-order valence-electron chi connectivity index (χ2n) is 8.02. The number of likely N-dealkylation sites (N-methyl/N-ethyl adjacent to an activating group) is 1. The largest absolute Gasteiger partial charge is 0.550 e. The van der Waals surface area contributed by atoms with Gasteiger partial charge in [-0.2, -0.15) is 0 Å². The Morgan fingerprint density at radius 2 is 1.88 bits per heavy atom. The third-order valence-corrected chi connectivity index (χ3v) is 6.95. The number of aromatic amines is 1. The average molecular weight is 468 g/mol. The summed E-state index contributed by atoms with van der Waals surface area (Å²) in [6.45, 7) is 2.31. The molecule has 0 aliphatic carbocycles. The first-order valence-corrected chi connectivity index (χ1v) is 11.9. The lowest BCUT2D eigenvalue weighted by atomic mass is 10.1. The summed E-state index contributed by atoms with van der Waals surface area (Å²) >= 11 is 0. The molecular weight excluding hydrogens is 438 g/mol. The first kappa shape index (κ1) is 25.8. The number of carbonyl (C=O) groups excluding carboxylic acids is 2. The summed E-state index contributed by atoms with van der Waals surface area (Å²) in [5, 5.41) is 28.5. The van der Waals surface area contributed by atoms with Crippen molar-refractivity contribution in [2.45, 2.75) is 37.5 Å². The van der Waals surface area contributed by atoms with Gasteiger partial charge >= 0.3 is 0 Å². The molecule has 1 unspecified atom stereocenters. The summed E-state index contributed by atoms with van der Waals surface area (Å²) in [5.74, 6) is -3.33. The van der Waals surface area contributed by atoms with Crippen LogP contribution < -0.4 is 10.2 Å². The van der Waals surface area contributed by atoms with Gasteiger partial charge in [-0.15, -0.1) is 0 Å². The van der Waals surface area contributed by atoms with Crippen LogP contribution in [0.2, 0.25) is 0 Å². The zero-order valence-corrected chi connectivity index (χ0v) is 19.1. The van der Waals surface area contributed by atoms with Crippen LogP contribution in [0, 0.1) is 0 Å². The first-order chi connectivity index (χ1) is 15.0. The number of aliphatic hydroxyl groups excluding tert-OH is 1. The molecule has 3 rings (SSSR count). The van der Waals surface area contributed by atoms with Gasteiger partial charge in [0.1, 0.15) is 0 Å². The number of carboxylic acids is 2. The van der Waals surface area contributed by atoms with Gasteiger partial charge in [-0.05, 0) is 56.6 Å². The van der Waals surface area contributed by atoms with Gasteiger partial charge < -0.3 is 34.8 Å². The SMILES string of the molecule is CN(C)CCc1c[nH]c2ccc(CS(=O)(=O)N3CCCC3)cc12.O=C([O-])CC(O)C(=O)[O-]. The number of H-pyrrole nitrogens is 1. The predicted octanol–water partition coefficient (Wildman–Crippen LogP) is -1.57. The maximum absolute atomic E-state index is 12.5. The first-order valence-electron chi connectivity index (χ1n) is 10.3. The number of benzene rings is 1. The molecule has 1 saturated heterocycles. The third kappa shape index (κ3) is 7.59. The van der Waals surface area contributed by atoms with E-state index in [0.29, 0.717) is 13.1 Å². The summed E-state index contributed by atoms with van der Waals surface area (Å²) in [5.41, 5.74) is 3.19. The van der Waals surface area contributed by atoms with Gasteiger partial charge in [0.25, 0.3) is 0 Å². The molecule has 0 spiro atoms. The number of hydrogen-bond acceptors (Lipinski definition) is 8. The molecule has 2 N–H and O–H groups in total. The highest BCUT2D eigenvalue weighted by Gasteiger charge is 2.25. The van der Waals surface area contributed by atoms with E-state index < -0.39 is 34.5 Å². The molecule has 1 aliphatic rings. The van der Waals surface area contributed by atoms with E-state index in [1.165, 1.54) is 5.56 Å². The number of aliphatic hydroxyl groups is 1. The molecule has 2 aromatic rings. The molecular formula is C21H29N3O7S-2. The van der Waals surface area contributed by atoms with Crippen LogP contribution in [0.3, 0.4) is 0 Å². The van der Waals surface area contributed by atoms with Crippen molar-refractivity contribution in [1.82, 2.24) is 14.2 Å². The van der Waals surface area contributed by atoms with Crippen LogP contribution in [-0.2, 0) is 31.8 Å². The standard InChI is InChI=1S/C17H25N3O2S.C4H6O5/c1-19(2)10-7-15-12-18-17-6-5-14(11-16(15)17)13-23(21,22)20-8-3-4-9-20;5-2(4(8)9)1-3(6)7/h5-6,11-12,18H,3-4,7-10,13H2,1-2H3;2,5H,1H2,(H,6,7)(H,8,9)/p-2. The Morgan fingerprint density at radius 3 is 2.41 bits per heavy atom. The number of nitrogens with one attached hydrogen (secondary N) is 1. The number of carbonyl (C=O) groups is 2. The van der Waals surface area contributed by atoms with Crippen LogP contribution in [0.4, 0.5) is 0 Å². The number of fused-ring (bicyclic) bond motifs is 1. The Hall–Kier alpha value is -2.47. The lowest BCUT2D eigenvalue weighted by Crippen LogP contribution is -2.39. The number of aliphatic carboxylic acids is 2. The van der Waals surface area contributed by atoms with E-state index in [1.807, 2.05) is 24.4 Å². The minimum absolute atomic E-state index is 0.0985. The fraction of sp³-hybridized carbons (Fsp3) is 0.524. The van der Waals surface area contributed by atoms with E-state index in [2.05, 4.69) is 24.0 Å². The summed E-state index contributed by atoms with van der Waals surface area (Å²) in [6, 6.07) is 5.94.